The van der Waals surface area contributed by atoms with Crippen molar-refractivity contribution in [2.24, 2.45) is 0 Å². The Morgan fingerprint density at radius 3 is 2.59 bits per heavy atom. The molecule has 2 unspecified atom stereocenters. The number of rotatable bonds is 10. The molecule has 1 aliphatic heterocycles. The summed E-state index contributed by atoms with van der Waals surface area (Å²) >= 11 is 0. The Morgan fingerprint density at radius 1 is 1.28 bits per heavy atom. The number of amides is 2. The van der Waals surface area contributed by atoms with E-state index in [1.54, 1.807) is 30.3 Å². The zero-order valence-corrected chi connectivity index (χ0v) is 17.5. The number of carbonyl (C=O) groups is 3. The summed E-state index contributed by atoms with van der Waals surface area (Å²) < 4.78 is 12.8. The lowest BCUT2D eigenvalue weighted by Crippen LogP contribution is -2.42. The first kappa shape index (κ1) is 23.1. The molecular weight excluding hydrogens is 395 g/mol. The second kappa shape index (κ2) is 10.6. The van der Waals surface area contributed by atoms with E-state index in [9.17, 15) is 28.9 Å². The van der Waals surface area contributed by atoms with E-state index in [0.717, 1.165) is 12.8 Å². The molecule has 1 aromatic rings. The Labute approximate surface area is 170 Å². The van der Waals surface area contributed by atoms with Crippen molar-refractivity contribution in [2.75, 3.05) is 18.9 Å². The Hall–Kier alpha value is -2.18. The number of hydrogen-bond donors (Lipinski definition) is 3. The number of aliphatic carboxylic acids is 1. The standard InChI is InChI=1S/C20H29N2O6P/c1-2-3-10-16(21-19(24)15-8-5-4-6-9-15)13-29(27,28)14-18(23)22-12-7-11-17(22)20(25)26/h4-6,8-9,16-17H,2-3,7,10-14H2,1H3,(H,21,24)(H,25,26)(H,27,28)/t16?,17-/m0/s1. The Balaban J connectivity index is 2.02. The van der Waals surface area contributed by atoms with Crippen molar-refractivity contribution >= 4 is 25.2 Å². The van der Waals surface area contributed by atoms with Crippen LogP contribution in [0.25, 0.3) is 0 Å². The lowest BCUT2D eigenvalue weighted by Gasteiger charge is -2.25. The second-order valence-electron chi connectivity index (χ2n) is 7.45. The highest BCUT2D eigenvalue weighted by Gasteiger charge is 2.37. The molecule has 3 N–H and O–H groups in total. The fourth-order valence-corrected chi connectivity index (χ4v) is 5.25. The van der Waals surface area contributed by atoms with Crippen LogP contribution < -0.4 is 5.32 Å². The highest BCUT2D eigenvalue weighted by atomic mass is 31.2. The predicted molar refractivity (Wildman–Crippen MR) is 109 cm³/mol. The summed E-state index contributed by atoms with van der Waals surface area (Å²) in [4.78, 5) is 47.8. The highest BCUT2D eigenvalue weighted by molar-refractivity contribution is 7.59. The van der Waals surface area contributed by atoms with Gasteiger partial charge in [0.25, 0.3) is 5.91 Å². The van der Waals surface area contributed by atoms with Gasteiger partial charge in [-0.05, 0) is 31.4 Å². The van der Waals surface area contributed by atoms with Gasteiger partial charge in [0.2, 0.25) is 13.3 Å². The van der Waals surface area contributed by atoms with E-state index >= 15 is 0 Å². The minimum Gasteiger partial charge on any atom is -0.480 e. The van der Waals surface area contributed by atoms with Crippen LogP contribution in [0.1, 0.15) is 49.4 Å². The van der Waals surface area contributed by atoms with E-state index in [2.05, 4.69) is 5.32 Å². The summed E-state index contributed by atoms with van der Waals surface area (Å²) in [6.07, 6.45) is 2.23. The molecule has 1 heterocycles. The highest BCUT2D eigenvalue weighted by Crippen LogP contribution is 2.42. The van der Waals surface area contributed by atoms with Crippen LogP contribution in [0.4, 0.5) is 0 Å². The molecule has 1 aliphatic rings. The van der Waals surface area contributed by atoms with Crippen molar-refractivity contribution in [1.29, 1.82) is 0 Å². The largest absolute Gasteiger partial charge is 0.480 e. The number of hydrogen-bond acceptors (Lipinski definition) is 4. The van der Waals surface area contributed by atoms with Crippen molar-refractivity contribution in [3.05, 3.63) is 35.9 Å². The Bertz CT molecular complexity index is 769. The van der Waals surface area contributed by atoms with Crippen molar-refractivity contribution < 1.29 is 28.9 Å². The van der Waals surface area contributed by atoms with Gasteiger partial charge in [-0.15, -0.1) is 0 Å². The van der Waals surface area contributed by atoms with Crippen molar-refractivity contribution in [3.63, 3.8) is 0 Å². The summed E-state index contributed by atoms with van der Waals surface area (Å²) in [6.45, 7) is 2.26. The zero-order valence-electron chi connectivity index (χ0n) is 16.6. The van der Waals surface area contributed by atoms with Crippen LogP contribution in [0.5, 0.6) is 0 Å². The minimum atomic E-state index is -3.90. The lowest BCUT2D eigenvalue weighted by atomic mass is 10.1. The third-order valence-corrected chi connectivity index (χ3v) is 6.80. The molecule has 1 fully saturated rings. The fraction of sp³-hybridized carbons (Fsp3) is 0.550. The van der Waals surface area contributed by atoms with Gasteiger partial charge in [-0.3, -0.25) is 14.2 Å². The van der Waals surface area contributed by atoms with Gasteiger partial charge in [0.05, 0.1) is 0 Å². The molecule has 8 nitrogen and oxygen atoms in total. The average molecular weight is 424 g/mol. The Kier molecular flexibility index (Phi) is 8.41. The van der Waals surface area contributed by atoms with E-state index in [4.69, 9.17) is 0 Å². The van der Waals surface area contributed by atoms with Crippen molar-refractivity contribution in [3.8, 4) is 0 Å². The molecule has 0 spiro atoms. The summed E-state index contributed by atoms with van der Waals surface area (Å²) in [5, 5.41) is 12.0. The normalized spacial score (nSPS) is 19.4. The van der Waals surface area contributed by atoms with E-state index in [-0.39, 0.29) is 18.6 Å². The van der Waals surface area contributed by atoms with E-state index in [1.165, 1.54) is 4.90 Å². The molecule has 0 radical (unpaired) electrons. The molecular formula is C20H29N2O6P. The van der Waals surface area contributed by atoms with Crippen LogP contribution in [-0.4, -0.2) is 63.6 Å². The van der Waals surface area contributed by atoms with Crippen LogP contribution >= 0.6 is 7.37 Å². The van der Waals surface area contributed by atoms with Gasteiger partial charge in [-0.1, -0.05) is 38.0 Å². The molecule has 1 saturated heterocycles. The SMILES string of the molecule is CCCCC(CP(=O)(O)CC(=O)N1CCC[C@H]1C(=O)O)NC(=O)c1ccccc1. The fourth-order valence-electron chi connectivity index (χ4n) is 3.55. The number of nitrogens with one attached hydrogen (secondary N) is 1. The smallest absolute Gasteiger partial charge is 0.326 e. The summed E-state index contributed by atoms with van der Waals surface area (Å²) in [5.41, 5.74) is 0.458. The number of carboxylic acid groups (broad SMARTS) is 1. The topological polar surface area (TPSA) is 124 Å². The number of likely N-dealkylation sites (tertiary alicyclic amines) is 1. The average Bonchev–Trinajstić information content (AvgIpc) is 3.16. The van der Waals surface area contributed by atoms with Crippen LogP contribution in [0.15, 0.2) is 30.3 Å². The van der Waals surface area contributed by atoms with Crippen molar-refractivity contribution in [1.82, 2.24) is 10.2 Å². The Morgan fingerprint density at radius 2 is 1.97 bits per heavy atom. The number of benzene rings is 1. The van der Waals surface area contributed by atoms with Crippen molar-refractivity contribution in [2.45, 2.75) is 51.1 Å². The first-order chi connectivity index (χ1) is 13.7. The van der Waals surface area contributed by atoms with Gasteiger partial charge in [0, 0.05) is 24.3 Å². The number of unbranched alkanes of at least 4 members (excludes halogenated alkanes) is 1. The summed E-state index contributed by atoms with van der Waals surface area (Å²) in [7, 11) is -3.90. The molecule has 29 heavy (non-hydrogen) atoms. The molecule has 3 atom stereocenters. The second-order valence-corrected chi connectivity index (χ2v) is 9.82. The van der Waals surface area contributed by atoms with E-state index < -0.39 is 37.5 Å². The van der Waals surface area contributed by atoms with Crippen LogP contribution in [0, 0.1) is 0 Å². The van der Waals surface area contributed by atoms with Gasteiger partial charge < -0.3 is 20.2 Å². The summed E-state index contributed by atoms with van der Waals surface area (Å²) in [5.74, 6) is -2.05. The van der Waals surface area contributed by atoms with Crippen LogP contribution in [-0.2, 0) is 14.2 Å². The molecule has 0 saturated carbocycles. The molecule has 1 aromatic carbocycles. The monoisotopic (exact) mass is 424 g/mol. The minimum absolute atomic E-state index is 0.219. The van der Waals surface area contributed by atoms with Gasteiger partial charge in [0.1, 0.15) is 12.2 Å². The molecule has 0 aliphatic carbocycles. The van der Waals surface area contributed by atoms with Gasteiger partial charge in [-0.25, -0.2) is 4.79 Å². The quantitative estimate of drug-likeness (QED) is 0.495. The predicted octanol–water partition coefficient (Wildman–Crippen LogP) is 2.32. The van der Waals surface area contributed by atoms with Gasteiger partial charge >= 0.3 is 5.97 Å². The molecule has 2 amide bonds. The van der Waals surface area contributed by atoms with E-state index in [0.29, 0.717) is 24.8 Å². The molecule has 0 aromatic heterocycles. The number of carbonyl (C=O) groups excluding carboxylic acids is 2. The summed E-state index contributed by atoms with van der Waals surface area (Å²) in [6, 6.07) is 7.11. The molecule has 160 valence electrons. The van der Waals surface area contributed by atoms with Crippen LogP contribution in [0.3, 0.4) is 0 Å². The van der Waals surface area contributed by atoms with E-state index in [1.807, 2.05) is 6.92 Å². The third kappa shape index (κ3) is 6.98. The zero-order chi connectivity index (χ0) is 21.4. The number of nitrogens with zero attached hydrogens (tertiary/aromatic N) is 1. The first-order valence-corrected chi connectivity index (χ1v) is 12.0. The maximum atomic E-state index is 12.8. The van der Waals surface area contributed by atoms with Gasteiger partial charge in [-0.2, -0.15) is 0 Å². The molecule has 9 heteroatoms. The van der Waals surface area contributed by atoms with Crippen LogP contribution in [0.2, 0.25) is 0 Å². The van der Waals surface area contributed by atoms with Gasteiger partial charge in [0.15, 0.2) is 0 Å². The number of carboxylic acids is 1. The molecule has 0 bridgehead atoms. The maximum Gasteiger partial charge on any atom is 0.326 e. The third-order valence-electron chi connectivity index (χ3n) is 5.02. The first-order valence-electron chi connectivity index (χ1n) is 9.92. The lowest BCUT2D eigenvalue weighted by molar-refractivity contribution is -0.147. The molecule has 2 rings (SSSR count). The maximum absolute atomic E-state index is 12.8.